The van der Waals surface area contributed by atoms with Crippen LogP contribution in [0.2, 0.25) is 0 Å². The number of esters is 1. The first-order chi connectivity index (χ1) is 15.6. The predicted octanol–water partition coefficient (Wildman–Crippen LogP) is 4.03. The van der Waals surface area contributed by atoms with Gasteiger partial charge in [-0.2, -0.15) is 0 Å². The van der Waals surface area contributed by atoms with Crippen molar-refractivity contribution < 1.29 is 31.8 Å². The molecule has 1 amide bonds. The summed E-state index contributed by atoms with van der Waals surface area (Å²) in [6.07, 6.45) is 12.2. The van der Waals surface area contributed by atoms with Gasteiger partial charge in [-0.3, -0.25) is 4.79 Å². The number of amides is 1. The van der Waals surface area contributed by atoms with Gasteiger partial charge in [-0.05, 0) is 32.6 Å². The summed E-state index contributed by atoms with van der Waals surface area (Å²) in [5.41, 5.74) is 0. The maximum Gasteiger partial charge on any atom is 0.331 e. The minimum Gasteiger partial charge on any atom is -0.731 e. The van der Waals surface area contributed by atoms with Gasteiger partial charge in [-0.1, -0.05) is 59.5 Å². The van der Waals surface area contributed by atoms with Crippen LogP contribution in [0.15, 0.2) is 12.7 Å². The van der Waals surface area contributed by atoms with Gasteiger partial charge in [0.1, 0.15) is 0 Å². The number of β-lactam (4-membered cyclic amide) rings is 1. The highest BCUT2D eigenvalue weighted by molar-refractivity contribution is 7.84. The fourth-order valence-corrected chi connectivity index (χ4v) is 4.91. The molecule has 0 bridgehead atoms. The van der Waals surface area contributed by atoms with Gasteiger partial charge in [0.15, 0.2) is 16.3 Å². The highest BCUT2D eigenvalue weighted by Crippen LogP contribution is 2.30. The smallest absolute Gasteiger partial charge is 0.331 e. The highest BCUT2D eigenvalue weighted by atomic mass is 32.2. The molecule has 9 heteroatoms. The van der Waals surface area contributed by atoms with Crippen LogP contribution in [-0.4, -0.2) is 72.5 Å². The summed E-state index contributed by atoms with van der Waals surface area (Å²) in [7, 11) is -4.99. The van der Waals surface area contributed by atoms with E-state index in [1.807, 2.05) is 0 Å². The fraction of sp³-hybridized carbons (Fsp3) is 0.833. The quantitative estimate of drug-likeness (QED) is 0.106. The molecule has 1 aliphatic rings. The van der Waals surface area contributed by atoms with Crippen LogP contribution in [0, 0.1) is 5.92 Å². The molecule has 1 heterocycles. The largest absolute Gasteiger partial charge is 0.731 e. The second kappa shape index (κ2) is 16.2. The zero-order chi connectivity index (χ0) is 25.5. The molecule has 1 rings (SSSR count). The summed E-state index contributed by atoms with van der Waals surface area (Å²) in [5.74, 6) is -2.89. The van der Waals surface area contributed by atoms with Gasteiger partial charge in [0.05, 0.1) is 38.7 Å². The molecule has 1 fully saturated rings. The molecule has 0 N–H and O–H groups in total. The lowest BCUT2D eigenvalue weighted by molar-refractivity contribution is -0.929. The van der Waals surface area contributed by atoms with Crippen LogP contribution in [-0.2, 0) is 24.6 Å². The van der Waals surface area contributed by atoms with Gasteiger partial charge in [-0.15, -0.1) is 6.58 Å². The van der Waals surface area contributed by atoms with Crippen molar-refractivity contribution in [2.75, 3.05) is 32.8 Å². The standard InChI is InChI=1S/C16H36N.C8H11NO6S/c1-5-9-13-17(14-10-6-2,15-11-7-3)16-12-8-4;1-3-5-6(8(11)15-4-2)9(7(5)10)16(12,13)14/h5-16H2,1-4H3;3,5-6H,1,4H2,2H3,(H,12,13,14)/q+1;/p-1. The molecule has 0 spiro atoms. The van der Waals surface area contributed by atoms with Crippen molar-refractivity contribution in [1.29, 1.82) is 0 Å². The van der Waals surface area contributed by atoms with Crippen LogP contribution in [0.5, 0.6) is 0 Å². The minimum atomic E-state index is -4.99. The zero-order valence-electron chi connectivity index (χ0n) is 21.4. The second-order valence-electron chi connectivity index (χ2n) is 8.70. The van der Waals surface area contributed by atoms with Crippen molar-refractivity contribution in [2.45, 2.75) is 92.0 Å². The Morgan fingerprint density at radius 2 is 1.36 bits per heavy atom. The lowest BCUT2D eigenvalue weighted by Crippen LogP contribution is -2.65. The maximum atomic E-state index is 11.3. The normalized spacial score (nSPS) is 18.2. The Balaban J connectivity index is 0.000000621. The Hall–Kier alpha value is -1.45. The Labute approximate surface area is 201 Å². The van der Waals surface area contributed by atoms with Gasteiger partial charge in [0.2, 0.25) is 5.91 Å². The summed E-state index contributed by atoms with van der Waals surface area (Å²) < 4.78 is 38.1. The molecular formula is C24H46N2O6S. The molecule has 0 aromatic rings. The molecule has 194 valence electrons. The fourth-order valence-electron chi connectivity index (χ4n) is 4.08. The minimum absolute atomic E-state index is 0.0165. The van der Waals surface area contributed by atoms with E-state index >= 15 is 0 Å². The summed E-state index contributed by atoms with van der Waals surface area (Å²) in [4.78, 5) is 22.6. The van der Waals surface area contributed by atoms with Crippen LogP contribution in [0.3, 0.4) is 0 Å². The summed E-state index contributed by atoms with van der Waals surface area (Å²) in [5, 5.41) is 0. The number of ether oxygens (including phenoxy) is 1. The molecular weight excluding hydrogens is 444 g/mol. The number of unbranched alkanes of at least 4 members (excludes halogenated alkanes) is 4. The van der Waals surface area contributed by atoms with Crippen LogP contribution < -0.4 is 0 Å². The first kappa shape index (κ1) is 31.6. The third kappa shape index (κ3) is 10.1. The van der Waals surface area contributed by atoms with E-state index in [4.69, 9.17) is 0 Å². The number of nitrogens with zero attached hydrogens (tertiary/aromatic N) is 2. The number of quaternary nitrogens is 1. The number of carbonyl (C=O) groups is 2. The molecule has 0 saturated carbocycles. The molecule has 2 unspecified atom stereocenters. The Morgan fingerprint density at radius 3 is 1.64 bits per heavy atom. The molecule has 8 nitrogen and oxygen atoms in total. The monoisotopic (exact) mass is 490 g/mol. The Morgan fingerprint density at radius 1 is 0.970 bits per heavy atom. The van der Waals surface area contributed by atoms with Crippen LogP contribution >= 0.6 is 0 Å². The van der Waals surface area contributed by atoms with E-state index in [0.29, 0.717) is 0 Å². The highest BCUT2D eigenvalue weighted by Gasteiger charge is 2.54. The molecule has 1 aliphatic heterocycles. The predicted molar refractivity (Wildman–Crippen MR) is 130 cm³/mol. The lowest BCUT2D eigenvalue weighted by Gasteiger charge is -2.44. The van der Waals surface area contributed by atoms with Gasteiger partial charge >= 0.3 is 5.97 Å². The van der Waals surface area contributed by atoms with Crippen molar-refractivity contribution in [1.82, 2.24) is 4.31 Å². The first-order valence-electron chi connectivity index (χ1n) is 12.5. The number of hydrogen-bond donors (Lipinski definition) is 0. The molecule has 33 heavy (non-hydrogen) atoms. The topological polar surface area (TPSA) is 104 Å². The third-order valence-corrected chi connectivity index (χ3v) is 6.95. The van der Waals surface area contributed by atoms with Gasteiger partial charge in [0.25, 0.3) is 0 Å². The summed E-state index contributed by atoms with van der Waals surface area (Å²) in [6.45, 7) is 19.9. The Bertz CT molecular complexity index is 658. The molecule has 0 radical (unpaired) electrons. The number of hydrogen-bond acceptors (Lipinski definition) is 6. The van der Waals surface area contributed by atoms with Gasteiger partial charge in [-0.25, -0.2) is 17.5 Å². The van der Waals surface area contributed by atoms with E-state index in [1.165, 1.54) is 89.0 Å². The average molecular weight is 491 g/mol. The average Bonchev–Trinajstić information content (AvgIpc) is 2.76. The molecule has 0 aliphatic carbocycles. The van der Waals surface area contributed by atoms with Crippen LogP contribution in [0.4, 0.5) is 0 Å². The lowest BCUT2D eigenvalue weighted by atomic mass is 9.91. The van der Waals surface area contributed by atoms with E-state index < -0.39 is 34.1 Å². The van der Waals surface area contributed by atoms with Crippen LogP contribution in [0.1, 0.15) is 86.0 Å². The van der Waals surface area contributed by atoms with E-state index in [2.05, 4.69) is 39.0 Å². The van der Waals surface area contributed by atoms with E-state index in [9.17, 15) is 22.6 Å². The Kier molecular flexibility index (Phi) is 15.5. The van der Waals surface area contributed by atoms with Crippen molar-refractivity contribution in [2.24, 2.45) is 5.92 Å². The van der Waals surface area contributed by atoms with Gasteiger partial charge in [0, 0.05) is 0 Å². The summed E-state index contributed by atoms with van der Waals surface area (Å²) in [6, 6.07) is -1.41. The molecule has 2 atom stereocenters. The first-order valence-corrected chi connectivity index (χ1v) is 13.9. The van der Waals surface area contributed by atoms with Gasteiger partial charge < -0.3 is 13.8 Å². The van der Waals surface area contributed by atoms with Crippen molar-refractivity contribution in [3.8, 4) is 0 Å². The second-order valence-corrected chi connectivity index (χ2v) is 9.95. The van der Waals surface area contributed by atoms with Crippen molar-refractivity contribution >= 4 is 22.2 Å². The van der Waals surface area contributed by atoms with Crippen molar-refractivity contribution in [3.63, 3.8) is 0 Å². The molecule has 0 aromatic carbocycles. The van der Waals surface area contributed by atoms with E-state index in [1.54, 1.807) is 0 Å². The maximum absolute atomic E-state index is 11.3. The zero-order valence-corrected chi connectivity index (χ0v) is 22.2. The van der Waals surface area contributed by atoms with Crippen molar-refractivity contribution in [3.05, 3.63) is 12.7 Å². The molecule has 0 aromatic heterocycles. The van der Waals surface area contributed by atoms with E-state index in [-0.39, 0.29) is 10.9 Å². The molecule has 1 saturated heterocycles. The number of rotatable bonds is 16. The SMILES string of the molecule is C=CC1C(=O)N(S(=O)(=O)[O-])C1C(=O)OCC.CCCC[N+](CCCC)(CCCC)CCCC. The summed E-state index contributed by atoms with van der Waals surface area (Å²) >= 11 is 0. The van der Waals surface area contributed by atoms with E-state index in [0.717, 1.165) is 6.08 Å². The third-order valence-electron chi connectivity index (χ3n) is 6.06. The number of carbonyl (C=O) groups excluding carboxylic acids is 2. The van der Waals surface area contributed by atoms with Crippen LogP contribution in [0.25, 0.3) is 0 Å².